The summed E-state index contributed by atoms with van der Waals surface area (Å²) in [6.45, 7) is 3.86. The van der Waals surface area contributed by atoms with Crippen LogP contribution in [0.1, 0.15) is 18.3 Å². The molecule has 1 heterocycles. The molecule has 1 N–H and O–H groups in total. The number of methoxy groups -OCH3 is 2. The van der Waals surface area contributed by atoms with Crippen LogP contribution in [0.2, 0.25) is 5.15 Å². The maximum atomic E-state index is 6.14. The summed E-state index contributed by atoms with van der Waals surface area (Å²) in [5.74, 6) is 2.78. The van der Waals surface area contributed by atoms with E-state index in [1.54, 1.807) is 14.2 Å². The van der Waals surface area contributed by atoms with Crippen LogP contribution in [0.3, 0.4) is 0 Å². The van der Waals surface area contributed by atoms with Crippen LogP contribution in [0.15, 0.2) is 18.2 Å². The Labute approximate surface area is 129 Å². The van der Waals surface area contributed by atoms with Crippen molar-refractivity contribution < 1.29 is 9.47 Å². The molecule has 0 bridgehead atoms. The van der Waals surface area contributed by atoms with Gasteiger partial charge in [-0.15, -0.1) is 0 Å². The highest BCUT2D eigenvalue weighted by molar-refractivity contribution is 6.30. The highest BCUT2D eigenvalue weighted by atomic mass is 35.5. The lowest BCUT2D eigenvalue weighted by Gasteiger charge is -2.13. The van der Waals surface area contributed by atoms with Crippen molar-refractivity contribution in [2.75, 3.05) is 19.5 Å². The second-order valence-electron chi connectivity index (χ2n) is 4.48. The summed E-state index contributed by atoms with van der Waals surface area (Å²) in [5.41, 5.74) is 1.61. The van der Waals surface area contributed by atoms with E-state index in [2.05, 4.69) is 15.3 Å². The number of aromatic nitrogens is 2. The van der Waals surface area contributed by atoms with E-state index in [1.165, 1.54) is 0 Å². The van der Waals surface area contributed by atoms with Gasteiger partial charge in [-0.2, -0.15) is 0 Å². The molecule has 2 rings (SSSR count). The Morgan fingerprint density at radius 3 is 2.24 bits per heavy atom. The molecule has 0 aliphatic carbocycles. The van der Waals surface area contributed by atoms with Gasteiger partial charge in [0.1, 0.15) is 28.3 Å². The van der Waals surface area contributed by atoms with Gasteiger partial charge in [-0.3, -0.25) is 0 Å². The highest BCUT2D eigenvalue weighted by Gasteiger charge is 2.10. The van der Waals surface area contributed by atoms with Crippen LogP contribution in [-0.4, -0.2) is 24.2 Å². The summed E-state index contributed by atoms with van der Waals surface area (Å²) in [6, 6.07) is 5.54. The molecule has 0 saturated heterocycles. The Kier molecular flexibility index (Phi) is 4.85. The van der Waals surface area contributed by atoms with Crippen LogP contribution >= 0.6 is 11.6 Å². The third kappa shape index (κ3) is 3.55. The zero-order chi connectivity index (χ0) is 15.4. The lowest BCUT2D eigenvalue weighted by atomic mass is 10.2. The summed E-state index contributed by atoms with van der Waals surface area (Å²) < 4.78 is 10.5. The molecule has 1 aromatic carbocycles. The maximum Gasteiger partial charge on any atom is 0.138 e. The quantitative estimate of drug-likeness (QED) is 0.852. The van der Waals surface area contributed by atoms with E-state index in [1.807, 2.05) is 32.0 Å². The number of nitrogens with zero attached hydrogens (tertiary/aromatic N) is 2. The summed E-state index contributed by atoms with van der Waals surface area (Å²) in [6.07, 6.45) is 0.718. The van der Waals surface area contributed by atoms with Gasteiger partial charge >= 0.3 is 0 Å². The SMILES string of the molecule is CCc1nc(Cl)c(C)c(Nc2cc(OC)cc(OC)c2)n1. The van der Waals surface area contributed by atoms with Crippen LogP contribution in [-0.2, 0) is 6.42 Å². The van der Waals surface area contributed by atoms with Crippen LogP contribution in [0.4, 0.5) is 11.5 Å². The summed E-state index contributed by atoms with van der Waals surface area (Å²) >= 11 is 6.14. The Morgan fingerprint density at radius 2 is 1.71 bits per heavy atom. The van der Waals surface area contributed by atoms with Gasteiger partial charge in [0.05, 0.1) is 14.2 Å². The van der Waals surface area contributed by atoms with Crippen LogP contribution < -0.4 is 14.8 Å². The molecule has 0 aliphatic rings. The Hall–Kier alpha value is -2.01. The minimum absolute atomic E-state index is 0.458. The fourth-order valence-electron chi connectivity index (χ4n) is 1.83. The first-order valence-corrected chi connectivity index (χ1v) is 6.98. The number of hydrogen-bond donors (Lipinski definition) is 1. The first-order chi connectivity index (χ1) is 10.1. The predicted molar refractivity (Wildman–Crippen MR) is 84.0 cm³/mol. The molecule has 6 heteroatoms. The number of hydrogen-bond acceptors (Lipinski definition) is 5. The zero-order valence-corrected chi connectivity index (χ0v) is 13.3. The summed E-state index contributed by atoms with van der Waals surface area (Å²) in [7, 11) is 3.22. The Bertz CT molecular complexity index is 625. The lowest BCUT2D eigenvalue weighted by molar-refractivity contribution is 0.395. The Balaban J connectivity index is 2.39. The zero-order valence-electron chi connectivity index (χ0n) is 12.5. The van der Waals surface area contributed by atoms with Crippen LogP contribution in [0.5, 0.6) is 11.5 Å². The van der Waals surface area contributed by atoms with Gasteiger partial charge in [0.2, 0.25) is 0 Å². The predicted octanol–water partition coefficient (Wildman–Crippen LogP) is 3.76. The first kappa shape index (κ1) is 15.4. The average Bonchev–Trinajstić information content (AvgIpc) is 2.51. The number of rotatable bonds is 5. The largest absolute Gasteiger partial charge is 0.497 e. The molecule has 0 unspecified atom stereocenters. The monoisotopic (exact) mass is 307 g/mol. The maximum absolute atomic E-state index is 6.14. The molecule has 1 aromatic heterocycles. The second kappa shape index (κ2) is 6.63. The fraction of sp³-hybridized carbons (Fsp3) is 0.333. The smallest absolute Gasteiger partial charge is 0.138 e. The van der Waals surface area contributed by atoms with Crippen molar-refractivity contribution in [3.8, 4) is 11.5 Å². The van der Waals surface area contributed by atoms with E-state index in [-0.39, 0.29) is 0 Å². The van der Waals surface area contributed by atoms with Gasteiger partial charge in [-0.05, 0) is 6.92 Å². The minimum Gasteiger partial charge on any atom is -0.497 e. The van der Waals surface area contributed by atoms with Crippen molar-refractivity contribution in [3.05, 3.63) is 34.7 Å². The van der Waals surface area contributed by atoms with Gasteiger partial charge in [-0.1, -0.05) is 18.5 Å². The Morgan fingerprint density at radius 1 is 1.10 bits per heavy atom. The lowest BCUT2D eigenvalue weighted by Crippen LogP contribution is -2.03. The number of benzene rings is 1. The van der Waals surface area contributed by atoms with E-state index >= 15 is 0 Å². The standard InChI is InChI=1S/C15H18ClN3O2/c1-5-13-18-14(16)9(2)15(19-13)17-10-6-11(20-3)8-12(7-10)21-4/h6-8H,5H2,1-4H3,(H,17,18,19). The molecule has 112 valence electrons. The van der Waals surface area contributed by atoms with Crippen molar-refractivity contribution in [1.29, 1.82) is 0 Å². The molecule has 21 heavy (non-hydrogen) atoms. The van der Waals surface area contributed by atoms with Gasteiger partial charge in [-0.25, -0.2) is 9.97 Å². The van der Waals surface area contributed by atoms with E-state index in [0.717, 1.165) is 17.7 Å². The number of ether oxygens (including phenoxy) is 2. The van der Waals surface area contributed by atoms with Gasteiger partial charge in [0.15, 0.2) is 0 Å². The molecular weight excluding hydrogens is 290 g/mol. The minimum atomic E-state index is 0.458. The van der Waals surface area contributed by atoms with Crippen molar-refractivity contribution >= 4 is 23.1 Å². The normalized spacial score (nSPS) is 10.3. The highest BCUT2D eigenvalue weighted by Crippen LogP contribution is 2.29. The molecular formula is C15H18ClN3O2. The summed E-state index contributed by atoms with van der Waals surface area (Å²) in [4.78, 5) is 8.70. The van der Waals surface area contributed by atoms with E-state index in [4.69, 9.17) is 21.1 Å². The molecule has 0 saturated carbocycles. The van der Waals surface area contributed by atoms with Crippen molar-refractivity contribution in [2.24, 2.45) is 0 Å². The molecule has 0 aliphatic heterocycles. The van der Waals surface area contributed by atoms with Gasteiger partial charge in [0.25, 0.3) is 0 Å². The molecule has 0 spiro atoms. The third-order valence-corrected chi connectivity index (χ3v) is 3.43. The second-order valence-corrected chi connectivity index (χ2v) is 4.84. The van der Waals surface area contributed by atoms with E-state index in [9.17, 15) is 0 Å². The van der Waals surface area contributed by atoms with Crippen molar-refractivity contribution in [2.45, 2.75) is 20.3 Å². The third-order valence-electron chi connectivity index (χ3n) is 3.06. The molecule has 0 fully saturated rings. The van der Waals surface area contributed by atoms with Gasteiger partial charge in [0, 0.05) is 35.9 Å². The number of halogens is 1. The van der Waals surface area contributed by atoms with E-state index < -0.39 is 0 Å². The molecule has 0 radical (unpaired) electrons. The fourth-order valence-corrected chi connectivity index (χ4v) is 2.02. The van der Waals surface area contributed by atoms with E-state index in [0.29, 0.717) is 28.3 Å². The van der Waals surface area contributed by atoms with Crippen LogP contribution in [0.25, 0.3) is 0 Å². The molecule has 0 amide bonds. The first-order valence-electron chi connectivity index (χ1n) is 6.60. The molecule has 5 nitrogen and oxygen atoms in total. The van der Waals surface area contributed by atoms with Crippen molar-refractivity contribution in [1.82, 2.24) is 9.97 Å². The number of anilines is 2. The molecule has 0 atom stereocenters. The average molecular weight is 308 g/mol. The topological polar surface area (TPSA) is 56.3 Å². The van der Waals surface area contributed by atoms with Gasteiger partial charge < -0.3 is 14.8 Å². The van der Waals surface area contributed by atoms with Crippen molar-refractivity contribution in [3.63, 3.8) is 0 Å². The number of aryl methyl sites for hydroxylation is 1. The summed E-state index contributed by atoms with van der Waals surface area (Å²) in [5, 5.41) is 3.70. The molecule has 2 aromatic rings. The van der Waals surface area contributed by atoms with Crippen LogP contribution in [0, 0.1) is 6.92 Å². The number of nitrogens with one attached hydrogen (secondary N) is 1.